The van der Waals surface area contributed by atoms with Gasteiger partial charge < -0.3 is 11.1 Å². The Morgan fingerprint density at radius 2 is 2.10 bits per heavy atom. The topological polar surface area (TPSA) is 89.3 Å². The van der Waals surface area contributed by atoms with E-state index in [-0.39, 0.29) is 11.7 Å². The van der Waals surface area contributed by atoms with Gasteiger partial charge in [0.25, 0.3) is 5.91 Å². The van der Waals surface area contributed by atoms with Gasteiger partial charge in [0.2, 0.25) is 0 Å². The van der Waals surface area contributed by atoms with E-state index in [1.165, 1.54) is 11.3 Å². The number of amides is 1. The predicted molar refractivity (Wildman–Crippen MR) is 87.6 cm³/mol. The fourth-order valence-corrected chi connectivity index (χ4v) is 4.29. The largest absolute Gasteiger partial charge is 0.397 e. The van der Waals surface area contributed by atoms with E-state index in [1.807, 2.05) is 25.1 Å². The van der Waals surface area contributed by atoms with Gasteiger partial charge in [-0.15, -0.1) is 11.3 Å². The number of thiophene rings is 1. The van der Waals surface area contributed by atoms with E-state index in [0.717, 1.165) is 21.9 Å². The Kier molecular flexibility index (Phi) is 4.25. The van der Waals surface area contributed by atoms with Crippen molar-refractivity contribution < 1.29 is 13.2 Å². The molecule has 2 aromatic rings. The van der Waals surface area contributed by atoms with Gasteiger partial charge in [0, 0.05) is 22.4 Å². The molecule has 3 N–H and O–H groups in total. The minimum absolute atomic E-state index is 0.0946. The molecule has 0 saturated heterocycles. The number of carbonyl (C=O) groups excluding carboxylic acids is 1. The fourth-order valence-electron chi connectivity index (χ4n) is 2.18. The minimum Gasteiger partial charge on any atom is -0.397 e. The maximum atomic E-state index is 12.2. The summed E-state index contributed by atoms with van der Waals surface area (Å²) in [4.78, 5) is 12.7. The molecule has 0 fully saturated rings. The van der Waals surface area contributed by atoms with Crippen molar-refractivity contribution in [3.63, 3.8) is 0 Å². The first-order chi connectivity index (χ1) is 9.67. The van der Waals surface area contributed by atoms with E-state index in [4.69, 9.17) is 5.73 Å². The van der Waals surface area contributed by atoms with Crippen molar-refractivity contribution >= 4 is 42.9 Å². The molecular formula is C14H18N2O3S2. The molecule has 21 heavy (non-hydrogen) atoms. The van der Waals surface area contributed by atoms with Gasteiger partial charge in [-0.25, -0.2) is 8.42 Å². The highest BCUT2D eigenvalue weighted by atomic mass is 32.2. The number of hydrogen-bond acceptors (Lipinski definition) is 5. The first kappa shape index (κ1) is 15.8. The molecule has 1 heterocycles. The summed E-state index contributed by atoms with van der Waals surface area (Å²) in [6, 6.07) is 5.36. The van der Waals surface area contributed by atoms with Crippen LogP contribution in [0.3, 0.4) is 0 Å². The maximum Gasteiger partial charge on any atom is 0.263 e. The summed E-state index contributed by atoms with van der Waals surface area (Å²) in [6.45, 7) is 3.63. The summed E-state index contributed by atoms with van der Waals surface area (Å²) in [6.07, 6.45) is 1.15. The van der Waals surface area contributed by atoms with Gasteiger partial charge in [0.1, 0.15) is 14.7 Å². The second-order valence-electron chi connectivity index (χ2n) is 5.31. The number of anilines is 1. The molecular weight excluding hydrogens is 308 g/mol. The van der Waals surface area contributed by atoms with E-state index in [2.05, 4.69) is 5.32 Å². The molecule has 0 aliphatic rings. The van der Waals surface area contributed by atoms with Crippen LogP contribution in [0, 0.1) is 6.92 Å². The number of hydrogen-bond donors (Lipinski definition) is 2. The minimum atomic E-state index is -3.13. The molecule has 0 aliphatic heterocycles. The highest BCUT2D eigenvalue weighted by molar-refractivity contribution is 7.90. The fraction of sp³-hybridized carbons (Fsp3) is 0.357. The maximum absolute atomic E-state index is 12.2. The van der Waals surface area contributed by atoms with Crippen LogP contribution in [-0.4, -0.2) is 32.4 Å². The number of aryl methyl sites for hydroxylation is 1. The smallest absolute Gasteiger partial charge is 0.263 e. The average molecular weight is 326 g/mol. The van der Waals surface area contributed by atoms with Crippen LogP contribution in [0.1, 0.15) is 22.2 Å². The van der Waals surface area contributed by atoms with Gasteiger partial charge in [-0.1, -0.05) is 12.1 Å². The van der Waals surface area contributed by atoms with Crippen LogP contribution < -0.4 is 11.1 Å². The Bertz CT molecular complexity index is 794. The second kappa shape index (κ2) is 5.65. The van der Waals surface area contributed by atoms with Gasteiger partial charge in [0.05, 0.1) is 11.4 Å². The van der Waals surface area contributed by atoms with E-state index >= 15 is 0 Å². The van der Waals surface area contributed by atoms with Crippen molar-refractivity contribution in [3.05, 3.63) is 28.6 Å². The summed E-state index contributed by atoms with van der Waals surface area (Å²) in [7, 11) is -3.13. The number of carbonyl (C=O) groups is 1. The number of benzene rings is 1. The predicted octanol–water partition coefficient (Wildman–Crippen LogP) is 1.95. The number of fused-ring (bicyclic) bond motifs is 1. The molecule has 1 amide bonds. The number of sulfone groups is 1. The van der Waals surface area contributed by atoms with E-state index < -0.39 is 15.9 Å². The summed E-state index contributed by atoms with van der Waals surface area (Å²) in [5.41, 5.74) is 7.57. The van der Waals surface area contributed by atoms with Crippen molar-refractivity contribution in [2.75, 3.05) is 17.7 Å². The first-order valence-electron chi connectivity index (χ1n) is 6.44. The van der Waals surface area contributed by atoms with Crippen LogP contribution in [0.25, 0.3) is 10.1 Å². The van der Waals surface area contributed by atoms with Crippen LogP contribution in [0.2, 0.25) is 0 Å². The van der Waals surface area contributed by atoms with Crippen LogP contribution in [0.15, 0.2) is 18.2 Å². The van der Waals surface area contributed by atoms with Crippen molar-refractivity contribution in [2.24, 2.45) is 0 Å². The second-order valence-corrected chi connectivity index (χ2v) is 8.55. The van der Waals surface area contributed by atoms with Crippen LogP contribution >= 0.6 is 11.3 Å². The lowest BCUT2D eigenvalue weighted by molar-refractivity contribution is 0.0948. The highest BCUT2D eigenvalue weighted by Gasteiger charge is 2.19. The lowest BCUT2D eigenvalue weighted by atomic mass is 10.1. The molecule has 0 saturated carbocycles. The van der Waals surface area contributed by atoms with Crippen LogP contribution in [0.5, 0.6) is 0 Å². The number of nitrogens with two attached hydrogens (primary N) is 1. The number of nitrogen functional groups attached to an aromatic ring is 1. The molecule has 0 radical (unpaired) electrons. The Labute approximate surface area is 128 Å². The molecule has 2 rings (SSSR count). The Hall–Kier alpha value is -1.60. The number of nitrogens with one attached hydrogen (secondary N) is 1. The SMILES string of the molecule is Cc1ccc2c(N)c(C(=O)NC(C)CS(C)(=O)=O)sc2c1. The normalized spacial score (nSPS) is 13.3. The highest BCUT2D eigenvalue weighted by Crippen LogP contribution is 2.34. The van der Waals surface area contributed by atoms with E-state index in [9.17, 15) is 13.2 Å². The third-order valence-corrected chi connectivity index (χ3v) is 5.29. The van der Waals surface area contributed by atoms with Crippen LogP contribution in [0.4, 0.5) is 5.69 Å². The molecule has 5 nitrogen and oxygen atoms in total. The molecule has 1 unspecified atom stereocenters. The molecule has 1 aromatic carbocycles. The zero-order chi connectivity index (χ0) is 15.8. The standard InChI is InChI=1S/C14H18N2O3S2/c1-8-4-5-10-11(6-8)20-13(12(10)15)14(17)16-9(2)7-21(3,18)19/h4-6,9H,7,15H2,1-3H3,(H,16,17). The summed E-state index contributed by atoms with van der Waals surface area (Å²) < 4.78 is 23.4. The molecule has 0 spiro atoms. The van der Waals surface area contributed by atoms with Crippen molar-refractivity contribution in [2.45, 2.75) is 19.9 Å². The van der Waals surface area contributed by atoms with Gasteiger partial charge >= 0.3 is 0 Å². The third-order valence-electron chi connectivity index (χ3n) is 3.02. The third kappa shape index (κ3) is 3.74. The lowest BCUT2D eigenvalue weighted by Crippen LogP contribution is -2.37. The van der Waals surface area contributed by atoms with Crippen molar-refractivity contribution in [1.82, 2.24) is 5.32 Å². The quantitative estimate of drug-likeness (QED) is 0.899. The zero-order valence-corrected chi connectivity index (χ0v) is 13.8. The Morgan fingerprint density at radius 3 is 2.71 bits per heavy atom. The first-order valence-corrected chi connectivity index (χ1v) is 9.32. The van der Waals surface area contributed by atoms with Crippen molar-refractivity contribution in [3.8, 4) is 0 Å². The van der Waals surface area contributed by atoms with Crippen LogP contribution in [-0.2, 0) is 9.84 Å². The zero-order valence-electron chi connectivity index (χ0n) is 12.1. The average Bonchev–Trinajstić information content (AvgIpc) is 2.63. The van der Waals surface area contributed by atoms with E-state index in [1.54, 1.807) is 6.92 Å². The Balaban J connectivity index is 2.25. The van der Waals surface area contributed by atoms with E-state index in [0.29, 0.717) is 10.6 Å². The van der Waals surface area contributed by atoms with Gasteiger partial charge in [-0.3, -0.25) is 4.79 Å². The van der Waals surface area contributed by atoms with Gasteiger partial charge in [-0.2, -0.15) is 0 Å². The lowest BCUT2D eigenvalue weighted by Gasteiger charge is -2.12. The summed E-state index contributed by atoms with van der Waals surface area (Å²) >= 11 is 1.32. The monoisotopic (exact) mass is 326 g/mol. The molecule has 7 heteroatoms. The molecule has 0 bridgehead atoms. The van der Waals surface area contributed by atoms with Crippen molar-refractivity contribution in [1.29, 1.82) is 0 Å². The summed E-state index contributed by atoms with van der Waals surface area (Å²) in [5, 5.41) is 3.53. The molecule has 1 atom stereocenters. The van der Waals surface area contributed by atoms with Gasteiger partial charge in [-0.05, 0) is 25.5 Å². The molecule has 0 aliphatic carbocycles. The van der Waals surface area contributed by atoms with Gasteiger partial charge in [0.15, 0.2) is 0 Å². The molecule has 1 aromatic heterocycles. The molecule has 114 valence electrons. The number of rotatable bonds is 4. The summed E-state index contributed by atoms with van der Waals surface area (Å²) in [5.74, 6) is -0.426. The Morgan fingerprint density at radius 1 is 1.43 bits per heavy atom.